The first-order chi connectivity index (χ1) is 8.71. The molecule has 18 heavy (non-hydrogen) atoms. The Labute approximate surface area is 109 Å². The SMILES string of the molecule is CCCC[C@H](CC)C(=O)Nc1cccc(C#N)c1. The van der Waals surface area contributed by atoms with Gasteiger partial charge in [0, 0.05) is 11.6 Å². The lowest BCUT2D eigenvalue weighted by Crippen LogP contribution is -2.22. The molecule has 1 aromatic rings. The van der Waals surface area contributed by atoms with E-state index in [0.717, 1.165) is 25.7 Å². The van der Waals surface area contributed by atoms with Crippen LogP contribution in [0.5, 0.6) is 0 Å². The second-order valence-electron chi connectivity index (χ2n) is 4.43. The van der Waals surface area contributed by atoms with Gasteiger partial charge in [0.1, 0.15) is 0 Å². The standard InChI is InChI=1S/C15H20N2O/c1-3-5-8-13(4-2)15(18)17-14-9-6-7-12(10-14)11-16/h6-7,9-10,13H,3-5,8H2,1-2H3,(H,17,18)/t13-/m0/s1. The molecular weight excluding hydrogens is 224 g/mol. The van der Waals surface area contributed by atoms with Gasteiger partial charge < -0.3 is 5.32 Å². The Bertz CT molecular complexity index is 434. The van der Waals surface area contributed by atoms with Crippen molar-refractivity contribution in [3.8, 4) is 6.07 Å². The largest absolute Gasteiger partial charge is 0.326 e. The minimum absolute atomic E-state index is 0.0565. The second-order valence-corrected chi connectivity index (χ2v) is 4.43. The molecule has 0 saturated carbocycles. The third-order valence-electron chi connectivity index (χ3n) is 3.03. The van der Waals surface area contributed by atoms with Crippen LogP contribution in [0.15, 0.2) is 24.3 Å². The summed E-state index contributed by atoms with van der Waals surface area (Å²) in [5.41, 5.74) is 1.27. The van der Waals surface area contributed by atoms with Crippen LogP contribution >= 0.6 is 0 Å². The summed E-state index contributed by atoms with van der Waals surface area (Å²) in [4.78, 5) is 12.1. The van der Waals surface area contributed by atoms with Crippen LogP contribution in [0.25, 0.3) is 0 Å². The summed E-state index contributed by atoms with van der Waals surface area (Å²) in [5.74, 6) is 0.122. The Hall–Kier alpha value is -1.82. The van der Waals surface area contributed by atoms with Gasteiger partial charge in [-0.15, -0.1) is 0 Å². The Morgan fingerprint density at radius 3 is 2.83 bits per heavy atom. The normalized spacial score (nSPS) is 11.6. The van der Waals surface area contributed by atoms with Crippen LogP contribution in [-0.2, 0) is 4.79 Å². The van der Waals surface area contributed by atoms with E-state index in [4.69, 9.17) is 5.26 Å². The molecule has 0 aliphatic carbocycles. The quantitative estimate of drug-likeness (QED) is 0.829. The summed E-state index contributed by atoms with van der Waals surface area (Å²) in [7, 11) is 0. The number of unbranched alkanes of at least 4 members (excludes halogenated alkanes) is 1. The highest BCUT2D eigenvalue weighted by atomic mass is 16.1. The van der Waals surface area contributed by atoms with E-state index in [-0.39, 0.29) is 11.8 Å². The van der Waals surface area contributed by atoms with Crippen molar-refractivity contribution >= 4 is 11.6 Å². The number of carbonyl (C=O) groups is 1. The molecule has 0 bridgehead atoms. The average Bonchev–Trinajstić information content (AvgIpc) is 2.40. The molecule has 0 unspecified atom stereocenters. The van der Waals surface area contributed by atoms with E-state index in [1.165, 1.54) is 0 Å². The molecule has 0 spiro atoms. The van der Waals surface area contributed by atoms with Crippen molar-refractivity contribution in [3.05, 3.63) is 29.8 Å². The Morgan fingerprint density at radius 2 is 2.22 bits per heavy atom. The molecule has 0 aromatic heterocycles. The zero-order valence-electron chi connectivity index (χ0n) is 11.1. The zero-order chi connectivity index (χ0) is 13.4. The lowest BCUT2D eigenvalue weighted by molar-refractivity contribution is -0.120. The van der Waals surface area contributed by atoms with E-state index in [1.54, 1.807) is 18.2 Å². The fraction of sp³-hybridized carbons (Fsp3) is 0.467. The molecule has 0 heterocycles. The average molecular weight is 244 g/mol. The van der Waals surface area contributed by atoms with Crippen LogP contribution in [-0.4, -0.2) is 5.91 Å². The molecule has 0 fully saturated rings. The number of rotatable bonds is 6. The molecule has 1 atom stereocenters. The number of hydrogen-bond acceptors (Lipinski definition) is 2. The van der Waals surface area contributed by atoms with Crippen LogP contribution in [0.4, 0.5) is 5.69 Å². The van der Waals surface area contributed by atoms with E-state index in [2.05, 4.69) is 18.3 Å². The van der Waals surface area contributed by atoms with E-state index < -0.39 is 0 Å². The van der Waals surface area contributed by atoms with Crippen LogP contribution in [0.3, 0.4) is 0 Å². The topological polar surface area (TPSA) is 52.9 Å². The summed E-state index contributed by atoms with van der Waals surface area (Å²) in [6.45, 7) is 4.16. The fourth-order valence-corrected chi connectivity index (χ4v) is 1.88. The Morgan fingerprint density at radius 1 is 1.44 bits per heavy atom. The van der Waals surface area contributed by atoms with Gasteiger partial charge in [-0.2, -0.15) is 5.26 Å². The fourth-order valence-electron chi connectivity index (χ4n) is 1.88. The monoisotopic (exact) mass is 244 g/mol. The van der Waals surface area contributed by atoms with Crippen molar-refractivity contribution in [1.29, 1.82) is 5.26 Å². The summed E-state index contributed by atoms with van der Waals surface area (Å²) in [6.07, 6.45) is 3.96. The molecule has 1 N–H and O–H groups in total. The maximum Gasteiger partial charge on any atom is 0.227 e. The van der Waals surface area contributed by atoms with Crippen LogP contribution in [0, 0.1) is 17.2 Å². The minimum Gasteiger partial charge on any atom is -0.326 e. The van der Waals surface area contributed by atoms with Crippen molar-refractivity contribution in [1.82, 2.24) is 0 Å². The number of nitriles is 1. The minimum atomic E-state index is 0.0565. The highest BCUT2D eigenvalue weighted by molar-refractivity contribution is 5.92. The van der Waals surface area contributed by atoms with Gasteiger partial charge in [-0.25, -0.2) is 0 Å². The first-order valence-corrected chi connectivity index (χ1v) is 6.52. The van der Waals surface area contributed by atoms with Crippen molar-refractivity contribution in [2.75, 3.05) is 5.32 Å². The number of anilines is 1. The maximum atomic E-state index is 12.1. The predicted octanol–water partition coefficient (Wildman–Crippen LogP) is 3.71. The number of amides is 1. The van der Waals surface area contributed by atoms with Crippen molar-refractivity contribution in [2.24, 2.45) is 5.92 Å². The van der Waals surface area contributed by atoms with E-state index in [0.29, 0.717) is 11.3 Å². The second kappa shape index (κ2) is 7.50. The molecule has 0 saturated heterocycles. The van der Waals surface area contributed by atoms with Gasteiger partial charge in [0.25, 0.3) is 0 Å². The number of hydrogen-bond donors (Lipinski definition) is 1. The number of nitrogens with one attached hydrogen (secondary N) is 1. The van der Waals surface area contributed by atoms with Gasteiger partial charge in [-0.05, 0) is 31.0 Å². The molecule has 1 aromatic carbocycles. The van der Waals surface area contributed by atoms with Gasteiger partial charge in [-0.1, -0.05) is 32.8 Å². The number of benzene rings is 1. The third kappa shape index (κ3) is 4.21. The lowest BCUT2D eigenvalue weighted by Gasteiger charge is -2.14. The molecule has 0 aliphatic heterocycles. The summed E-state index contributed by atoms with van der Waals surface area (Å²) < 4.78 is 0. The smallest absolute Gasteiger partial charge is 0.227 e. The van der Waals surface area contributed by atoms with Crippen molar-refractivity contribution in [3.63, 3.8) is 0 Å². The number of carbonyl (C=O) groups excluding carboxylic acids is 1. The third-order valence-corrected chi connectivity index (χ3v) is 3.03. The predicted molar refractivity (Wildman–Crippen MR) is 73.1 cm³/mol. The van der Waals surface area contributed by atoms with Crippen molar-refractivity contribution < 1.29 is 4.79 Å². The maximum absolute atomic E-state index is 12.1. The van der Waals surface area contributed by atoms with Crippen LogP contribution < -0.4 is 5.32 Å². The summed E-state index contributed by atoms with van der Waals surface area (Å²) in [5, 5.41) is 11.7. The highest BCUT2D eigenvalue weighted by Gasteiger charge is 2.15. The van der Waals surface area contributed by atoms with Gasteiger partial charge in [0.2, 0.25) is 5.91 Å². The van der Waals surface area contributed by atoms with Gasteiger partial charge in [-0.3, -0.25) is 4.79 Å². The first-order valence-electron chi connectivity index (χ1n) is 6.52. The molecular formula is C15H20N2O. The van der Waals surface area contributed by atoms with E-state index in [1.807, 2.05) is 13.0 Å². The summed E-state index contributed by atoms with van der Waals surface area (Å²) >= 11 is 0. The van der Waals surface area contributed by atoms with E-state index in [9.17, 15) is 4.79 Å². The molecule has 0 radical (unpaired) electrons. The van der Waals surface area contributed by atoms with Gasteiger partial charge in [0.15, 0.2) is 0 Å². The molecule has 3 nitrogen and oxygen atoms in total. The number of nitrogens with zero attached hydrogens (tertiary/aromatic N) is 1. The van der Waals surface area contributed by atoms with Crippen molar-refractivity contribution in [2.45, 2.75) is 39.5 Å². The first kappa shape index (κ1) is 14.2. The Kier molecular flexibility index (Phi) is 5.93. The molecule has 96 valence electrons. The van der Waals surface area contributed by atoms with Gasteiger partial charge >= 0.3 is 0 Å². The molecule has 3 heteroatoms. The molecule has 1 rings (SSSR count). The molecule has 0 aliphatic rings. The molecule has 1 amide bonds. The lowest BCUT2D eigenvalue weighted by atomic mass is 9.98. The van der Waals surface area contributed by atoms with Gasteiger partial charge in [0.05, 0.1) is 11.6 Å². The van der Waals surface area contributed by atoms with E-state index >= 15 is 0 Å². The van der Waals surface area contributed by atoms with Crippen LogP contribution in [0.1, 0.15) is 45.1 Å². The highest BCUT2D eigenvalue weighted by Crippen LogP contribution is 2.16. The van der Waals surface area contributed by atoms with Crippen LogP contribution in [0.2, 0.25) is 0 Å². The Balaban J connectivity index is 2.64. The summed E-state index contributed by atoms with van der Waals surface area (Å²) in [6, 6.07) is 9.08. The zero-order valence-corrected chi connectivity index (χ0v) is 11.1.